The van der Waals surface area contributed by atoms with E-state index in [2.05, 4.69) is 21.9 Å². The zero-order valence-corrected chi connectivity index (χ0v) is 22.6. The molecule has 1 atom stereocenters. The molecule has 9 nitrogen and oxygen atoms in total. The van der Waals surface area contributed by atoms with Crippen LogP contribution >= 0.6 is 0 Å². The third-order valence-corrected chi connectivity index (χ3v) is 7.46. The molecule has 2 heterocycles. The number of carbonyl (C=O) groups excluding carboxylic acids is 1. The maximum absolute atomic E-state index is 13.3. The van der Waals surface area contributed by atoms with E-state index < -0.39 is 0 Å². The number of anilines is 2. The molecule has 0 bridgehead atoms. The van der Waals surface area contributed by atoms with E-state index in [0.717, 1.165) is 48.9 Å². The summed E-state index contributed by atoms with van der Waals surface area (Å²) in [5, 5.41) is 0. The van der Waals surface area contributed by atoms with Gasteiger partial charge in [0.1, 0.15) is 5.75 Å². The quantitative estimate of drug-likeness (QED) is 0.460. The first-order valence-corrected chi connectivity index (χ1v) is 12.8. The van der Waals surface area contributed by atoms with Crippen molar-refractivity contribution in [2.75, 3.05) is 64.4 Å². The molecule has 3 aromatic rings. The van der Waals surface area contributed by atoms with Crippen molar-refractivity contribution < 1.29 is 23.7 Å². The number of piperazine rings is 1. The molecule has 1 aliphatic heterocycles. The van der Waals surface area contributed by atoms with Gasteiger partial charge in [-0.2, -0.15) is 0 Å². The Bertz CT molecular complexity index is 1290. The summed E-state index contributed by atoms with van der Waals surface area (Å²) in [7, 11) is 6.45. The summed E-state index contributed by atoms with van der Waals surface area (Å²) < 4.78 is 21.8. The second-order valence-electron chi connectivity index (χ2n) is 9.59. The third-order valence-electron chi connectivity index (χ3n) is 7.46. The van der Waals surface area contributed by atoms with Crippen molar-refractivity contribution >= 4 is 17.4 Å². The van der Waals surface area contributed by atoms with Crippen LogP contribution in [0.25, 0.3) is 0 Å². The number of carbonyl (C=O) groups is 1. The highest BCUT2D eigenvalue weighted by molar-refractivity contribution is 5.99. The molecule has 0 unspecified atom stereocenters. The molecule has 0 amide bonds. The van der Waals surface area contributed by atoms with Gasteiger partial charge >= 0.3 is 0 Å². The van der Waals surface area contributed by atoms with Gasteiger partial charge in [0.25, 0.3) is 0 Å². The van der Waals surface area contributed by atoms with E-state index in [1.807, 2.05) is 31.2 Å². The maximum Gasteiger partial charge on any atom is 0.225 e. The lowest BCUT2D eigenvalue weighted by molar-refractivity contribution is 0.0961. The predicted molar refractivity (Wildman–Crippen MR) is 146 cm³/mol. The lowest BCUT2D eigenvalue weighted by Crippen LogP contribution is -2.47. The summed E-state index contributed by atoms with van der Waals surface area (Å²) in [5.41, 5.74) is 4.35. The number of hydrogen-bond donors (Lipinski definition) is 0. The van der Waals surface area contributed by atoms with Crippen molar-refractivity contribution in [1.29, 1.82) is 0 Å². The highest BCUT2D eigenvalue weighted by Crippen LogP contribution is 2.43. The fourth-order valence-electron chi connectivity index (χ4n) is 5.43. The first-order chi connectivity index (χ1) is 18.4. The number of fused-ring (bicyclic) bond motifs is 1. The molecule has 1 fully saturated rings. The highest BCUT2D eigenvalue weighted by atomic mass is 16.5. The minimum absolute atomic E-state index is 0.0437. The van der Waals surface area contributed by atoms with Gasteiger partial charge in [-0.15, -0.1) is 0 Å². The Morgan fingerprint density at radius 3 is 2.00 bits per heavy atom. The van der Waals surface area contributed by atoms with Gasteiger partial charge in [0.2, 0.25) is 11.7 Å². The monoisotopic (exact) mass is 518 g/mol. The van der Waals surface area contributed by atoms with Crippen LogP contribution in [0.1, 0.15) is 39.6 Å². The van der Waals surface area contributed by atoms with Crippen LogP contribution in [0.5, 0.6) is 23.0 Å². The standard InChI is InChI=1S/C29H34N4O5/c1-18-27-23(14-19(15-24(27)34)20-16-25(36-3)28(38-5)26(17-20)37-4)31-29(30-18)33-12-10-32(11-13-33)21-6-8-22(35-2)9-7-21/h6-9,16-17,19H,10-15H2,1-5H3/t19-/m0/s1. The number of Topliss-reactive ketones (excluding diaryl/α,β-unsaturated/α-hetero) is 1. The van der Waals surface area contributed by atoms with Crippen LogP contribution in [-0.4, -0.2) is 70.4 Å². The smallest absolute Gasteiger partial charge is 0.225 e. The minimum atomic E-state index is -0.0437. The van der Waals surface area contributed by atoms with Gasteiger partial charge in [-0.25, -0.2) is 9.97 Å². The normalized spacial score (nSPS) is 17.2. The molecule has 200 valence electrons. The fourth-order valence-corrected chi connectivity index (χ4v) is 5.43. The van der Waals surface area contributed by atoms with E-state index in [9.17, 15) is 4.79 Å². The Kier molecular flexibility index (Phi) is 7.26. The van der Waals surface area contributed by atoms with Crippen LogP contribution < -0.4 is 28.7 Å². The average molecular weight is 519 g/mol. The lowest BCUT2D eigenvalue weighted by Gasteiger charge is -2.36. The number of aryl methyl sites for hydroxylation is 1. The summed E-state index contributed by atoms with van der Waals surface area (Å²) in [4.78, 5) is 27.5. The molecule has 0 spiro atoms. The van der Waals surface area contributed by atoms with Gasteiger partial charge in [0, 0.05) is 38.3 Å². The minimum Gasteiger partial charge on any atom is -0.497 e. The Morgan fingerprint density at radius 1 is 0.789 bits per heavy atom. The van der Waals surface area contributed by atoms with Crippen LogP contribution in [0.15, 0.2) is 36.4 Å². The molecule has 0 radical (unpaired) electrons. The van der Waals surface area contributed by atoms with Gasteiger partial charge in [-0.1, -0.05) is 0 Å². The highest BCUT2D eigenvalue weighted by Gasteiger charge is 2.32. The molecular formula is C29H34N4O5. The number of benzene rings is 2. The predicted octanol–water partition coefficient (Wildman–Crippen LogP) is 4.06. The number of nitrogens with zero attached hydrogens (tertiary/aromatic N) is 4. The zero-order valence-electron chi connectivity index (χ0n) is 22.6. The molecule has 9 heteroatoms. The van der Waals surface area contributed by atoms with Crippen molar-refractivity contribution in [1.82, 2.24) is 9.97 Å². The molecule has 5 rings (SSSR count). The topological polar surface area (TPSA) is 86.2 Å². The van der Waals surface area contributed by atoms with Crippen LogP contribution in [0.2, 0.25) is 0 Å². The second-order valence-corrected chi connectivity index (χ2v) is 9.59. The van der Waals surface area contributed by atoms with Crippen molar-refractivity contribution in [2.45, 2.75) is 25.7 Å². The van der Waals surface area contributed by atoms with E-state index in [0.29, 0.717) is 41.6 Å². The van der Waals surface area contributed by atoms with Crippen LogP contribution in [0.4, 0.5) is 11.6 Å². The van der Waals surface area contributed by atoms with Gasteiger partial charge < -0.3 is 28.7 Å². The van der Waals surface area contributed by atoms with Crippen LogP contribution in [0, 0.1) is 6.92 Å². The summed E-state index contributed by atoms with van der Waals surface area (Å²) in [6.07, 6.45) is 1.03. The summed E-state index contributed by atoms with van der Waals surface area (Å²) in [5.74, 6) is 3.26. The molecule has 1 aliphatic carbocycles. The Morgan fingerprint density at radius 2 is 1.42 bits per heavy atom. The van der Waals surface area contributed by atoms with Gasteiger partial charge in [-0.05, 0) is 61.2 Å². The number of ether oxygens (including phenoxy) is 4. The molecule has 2 aliphatic rings. The second kappa shape index (κ2) is 10.8. The molecular weight excluding hydrogens is 484 g/mol. The largest absolute Gasteiger partial charge is 0.497 e. The summed E-state index contributed by atoms with van der Waals surface area (Å²) in [6.45, 7) is 5.23. The summed E-state index contributed by atoms with van der Waals surface area (Å²) in [6, 6.07) is 12.0. The molecule has 1 aromatic heterocycles. The first-order valence-electron chi connectivity index (χ1n) is 12.8. The zero-order chi connectivity index (χ0) is 26.8. The van der Waals surface area contributed by atoms with E-state index in [1.165, 1.54) is 5.69 Å². The van der Waals surface area contributed by atoms with E-state index in [4.69, 9.17) is 28.9 Å². The third kappa shape index (κ3) is 4.80. The SMILES string of the molecule is COc1ccc(N2CCN(c3nc(C)c4c(n3)C[C@H](c3cc(OC)c(OC)c(OC)c3)CC4=O)CC2)cc1. The average Bonchev–Trinajstić information content (AvgIpc) is 2.96. The Labute approximate surface area is 223 Å². The first kappa shape index (κ1) is 25.6. The molecule has 1 saturated heterocycles. The maximum atomic E-state index is 13.3. The Hall–Kier alpha value is -4.01. The van der Waals surface area contributed by atoms with Gasteiger partial charge in [-0.3, -0.25) is 4.79 Å². The van der Waals surface area contributed by atoms with Crippen LogP contribution in [-0.2, 0) is 6.42 Å². The lowest BCUT2D eigenvalue weighted by atomic mass is 9.81. The number of aromatic nitrogens is 2. The van der Waals surface area contributed by atoms with E-state index >= 15 is 0 Å². The molecule has 38 heavy (non-hydrogen) atoms. The van der Waals surface area contributed by atoms with Gasteiger partial charge in [0.05, 0.1) is 45.4 Å². The number of rotatable bonds is 7. The molecule has 0 saturated carbocycles. The van der Waals surface area contributed by atoms with Gasteiger partial charge in [0.15, 0.2) is 17.3 Å². The van der Waals surface area contributed by atoms with E-state index in [-0.39, 0.29) is 11.7 Å². The van der Waals surface area contributed by atoms with Crippen molar-refractivity contribution in [3.63, 3.8) is 0 Å². The van der Waals surface area contributed by atoms with Crippen molar-refractivity contribution in [2.24, 2.45) is 0 Å². The Balaban J connectivity index is 1.37. The van der Waals surface area contributed by atoms with Crippen LogP contribution in [0.3, 0.4) is 0 Å². The van der Waals surface area contributed by atoms with Crippen molar-refractivity contribution in [3.8, 4) is 23.0 Å². The number of ketones is 1. The molecule has 2 aromatic carbocycles. The molecule has 0 N–H and O–H groups in total. The summed E-state index contributed by atoms with van der Waals surface area (Å²) >= 11 is 0. The fraction of sp³-hybridized carbons (Fsp3) is 0.414. The van der Waals surface area contributed by atoms with E-state index in [1.54, 1.807) is 28.4 Å². The number of hydrogen-bond acceptors (Lipinski definition) is 9. The van der Waals surface area contributed by atoms with Crippen molar-refractivity contribution in [3.05, 3.63) is 58.9 Å². The number of methoxy groups -OCH3 is 4.